The maximum Gasteiger partial charge on any atom is 0.275 e. The number of carbonyl (C=O) groups is 1. The van der Waals surface area contributed by atoms with E-state index in [9.17, 15) is 4.79 Å². The van der Waals surface area contributed by atoms with Gasteiger partial charge in [-0.25, -0.2) is 0 Å². The molecule has 22 heavy (non-hydrogen) atoms. The average Bonchev–Trinajstić information content (AvgIpc) is 3.08. The Labute approximate surface area is 133 Å². The monoisotopic (exact) mass is 310 g/mol. The van der Waals surface area contributed by atoms with Crippen molar-refractivity contribution in [3.8, 4) is 0 Å². The van der Waals surface area contributed by atoms with Crippen LogP contribution in [0.2, 0.25) is 5.02 Å². The van der Waals surface area contributed by atoms with Crippen LogP contribution >= 0.6 is 11.6 Å². The average molecular weight is 311 g/mol. The van der Waals surface area contributed by atoms with E-state index in [0.29, 0.717) is 10.7 Å². The molecule has 0 radical (unpaired) electrons. The lowest BCUT2D eigenvalue weighted by Gasteiger charge is -2.17. The molecule has 0 saturated carbocycles. The number of carbonyl (C=O) groups excluding carboxylic acids is 1. The normalized spacial score (nSPS) is 13.6. The lowest BCUT2D eigenvalue weighted by Crippen LogP contribution is -2.29. The molecule has 0 bridgehead atoms. The van der Waals surface area contributed by atoms with Crippen molar-refractivity contribution in [3.05, 3.63) is 64.3 Å². The summed E-state index contributed by atoms with van der Waals surface area (Å²) in [5.41, 5.74) is 4.77. The Morgan fingerprint density at radius 3 is 2.91 bits per heavy atom. The van der Waals surface area contributed by atoms with Crippen molar-refractivity contribution in [1.82, 2.24) is 4.98 Å². The van der Waals surface area contributed by atoms with Crippen LogP contribution in [0, 0.1) is 6.92 Å². The lowest BCUT2D eigenvalue weighted by molar-refractivity contribution is 0.0985. The number of benzene rings is 2. The first-order chi connectivity index (χ1) is 10.6. The van der Waals surface area contributed by atoms with Crippen molar-refractivity contribution in [2.45, 2.75) is 13.3 Å². The van der Waals surface area contributed by atoms with Gasteiger partial charge in [-0.3, -0.25) is 4.79 Å². The van der Waals surface area contributed by atoms with Crippen LogP contribution in [0.5, 0.6) is 0 Å². The number of amides is 1. The van der Waals surface area contributed by atoms with Gasteiger partial charge in [-0.15, -0.1) is 0 Å². The molecule has 3 nitrogen and oxygen atoms in total. The van der Waals surface area contributed by atoms with Gasteiger partial charge < -0.3 is 9.88 Å². The van der Waals surface area contributed by atoms with Crippen molar-refractivity contribution in [2.75, 3.05) is 11.4 Å². The summed E-state index contributed by atoms with van der Waals surface area (Å²) in [7, 11) is 0. The summed E-state index contributed by atoms with van der Waals surface area (Å²) in [4.78, 5) is 18.0. The van der Waals surface area contributed by atoms with E-state index in [-0.39, 0.29) is 5.91 Å². The highest BCUT2D eigenvalue weighted by molar-refractivity contribution is 6.31. The molecule has 0 spiro atoms. The Balaban J connectivity index is 1.80. The second kappa shape index (κ2) is 4.89. The number of fused-ring (bicyclic) bond motifs is 2. The third-order valence-corrected chi connectivity index (χ3v) is 4.60. The third-order valence-electron chi connectivity index (χ3n) is 4.37. The molecule has 3 aromatic rings. The van der Waals surface area contributed by atoms with Crippen molar-refractivity contribution in [3.63, 3.8) is 0 Å². The first kappa shape index (κ1) is 13.4. The Bertz CT molecular complexity index is 897. The number of para-hydroxylation sites is 1. The van der Waals surface area contributed by atoms with Gasteiger partial charge in [0, 0.05) is 28.2 Å². The fourth-order valence-electron chi connectivity index (χ4n) is 3.21. The number of halogens is 1. The van der Waals surface area contributed by atoms with Crippen LogP contribution in [0.3, 0.4) is 0 Å². The highest BCUT2D eigenvalue weighted by Crippen LogP contribution is 2.31. The number of aromatic amines is 1. The lowest BCUT2D eigenvalue weighted by atomic mass is 10.1. The minimum atomic E-state index is 0.0229. The molecule has 1 aromatic heterocycles. The molecule has 0 unspecified atom stereocenters. The zero-order chi connectivity index (χ0) is 15.3. The summed E-state index contributed by atoms with van der Waals surface area (Å²) in [6.07, 6.45) is 0.910. The number of anilines is 1. The van der Waals surface area contributed by atoms with Crippen LogP contribution < -0.4 is 4.90 Å². The summed E-state index contributed by atoms with van der Waals surface area (Å²) < 4.78 is 0. The first-order valence-electron chi connectivity index (χ1n) is 7.33. The van der Waals surface area contributed by atoms with E-state index in [0.717, 1.165) is 35.1 Å². The molecule has 4 heteroatoms. The second-order valence-electron chi connectivity index (χ2n) is 5.65. The number of nitrogens with zero attached hydrogens (tertiary/aromatic N) is 1. The SMILES string of the molecule is Cc1c(C(=O)N2CCc3ccccc32)[nH]c2cc(Cl)ccc12. The second-order valence-corrected chi connectivity index (χ2v) is 6.09. The van der Waals surface area contributed by atoms with Crippen molar-refractivity contribution >= 4 is 34.1 Å². The molecule has 4 rings (SSSR count). The minimum Gasteiger partial charge on any atom is -0.350 e. The van der Waals surface area contributed by atoms with E-state index in [1.807, 2.05) is 48.2 Å². The molecular weight excluding hydrogens is 296 g/mol. The van der Waals surface area contributed by atoms with Gasteiger partial charge in [0.1, 0.15) is 5.69 Å². The Morgan fingerprint density at radius 2 is 2.05 bits per heavy atom. The van der Waals surface area contributed by atoms with Crippen molar-refractivity contribution in [1.29, 1.82) is 0 Å². The third kappa shape index (κ3) is 1.93. The number of aromatic nitrogens is 1. The van der Waals surface area contributed by atoms with Gasteiger partial charge in [0.05, 0.1) is 0 Å². The fourth-order valence-corrected chi connectivity index (χ4v) is 3.38. The predicted molar refractivity (Wildman–Crippen MR) is 89.9 cm³/mol. The first-order valence-corrected chi connectivity index (χ1v) is 7.70. The summed E-state index contributed by atoms with van der Waals surface area (Å²) in [6.45, 7) is 2.70. The highest BCUT2D eigenvalue weighted by atomic mass is 35.5. The van der Waals surface area contributed by atoms with Gasteiger partial charge in [0.25, 0.3) is 5.91 Å². The molecule has 1 aliphatic rings. The number of hydrogen-bond donors (Lipinski definition) is 1. The van der Waals surface area contributed by atoms with E-state index in [4.69, 9.17) is 11.6 Å². The van der Waals surface area contributed by atoms with Crippen LogP contribution in [0.1, 0.15) is 21.6 Å². The van der Waals surface area contributed by atoms with Crippen molar-refractivity contribution in [2.24, 2.45) is 0 Å². The summed E-state index contributed by atoms with van der Waals surface area (Å²) in [6, 6.07) is 13.8. The van der Waals surface area contributed by atoms with E-state index in [2.05, 4.69) is 11.1 Å². The molecule has 0 aliphatic carbocycles. The van der Waals surface area contributed by atoms with Crippen LogP contribution in [0.15, 0.2) is 42.5 Å². The minimum absolute atomic E-state index is 0.0229. The van der Waals surface area contributed by atoms with Crippen molar-refractivity contribution < 1.29 is 4.79 Å². The molecule has 1 aliphatic heterocycles. The fraction of sp³-hybridized carbons (Fsp3) is 0.167. The van der Waals surface area contributed by atoms with Gasteiger partial charge in [-0.05, 0) is 42.7 Å². The Kier molecular flexibility index (Phi) is 2.98. The summed E-state index contributed by atoms with van der Waals surface area (Å²) >= 11 is 6.04. The number of aryl methyl sites for hydroxylation is 1. The molecule has 2 aromatic carbocycles. The van der Waals surface area contributed by atoms with Gasteiger partial charge >= 0.3 is 0 Å². The molecule has 2 heterocycles. The van der Waals surface area contributed by atoms with Gasteiger partial charge in [0.15, 0.2) is 0 Å². The molecule has 1 N–H and O–H groups in total. The molecule has 110 valence electrons. The van der Waals surface area contributed by atoms with Crippen LogP contribution in [0.25, 0.3) is 10.9 Å². The number of hydrogen-bond acceptors (Lipinski definition) is 1. The van der Waals surface area contributed by atoms with Gasteiger partial charge in [-0.1, -0.05) is 35.9 Å². The Morgan fingerprint density at radius 1 is 1.23 bits per heavy atom. The summed E-state index contributed by atoms with van der Waals surface area (Å²) in [5.74, 6) is 0.0229. The predicted octanol–water partition coefficient (Wildman–Crippen LogP) is 4.33. The smallest absolute Gasteiger partial charge is 0.275 e. The van der Waals surface area contributed by atoms with Crippen LogP contribution in [-0.2, 0) is 6.42 Å². The largest absolute Gasteiger partial charge is 0.350 e. The van der Waals surface area contributed by atoms with Gasteiger partial charge in [-0.2, -0.15) is 0 Å². The molecule has 0 atom stereocenters. The standard InChI is InChI=1S/C18H15ClN2O/c1-11-14-7-6-13(19)10-15(14)20-17(11)18(22)21-9-8-12-4-2-3-5-16(12)21/h2-7,10,20H,8-9H2,1H3. The summed E-state index contributed by atoms with van der Waals surface area (Å²) in [5, 5.41) is 1.71. The molecule has 0 fully saturated rings. The Hall–Kier alpha value is -2.26. The number of H-pyrrole nitrogens is 1. The van der Waals surface area contributed by atoms with Crippen LogP contribution in [-0.4, -0.2) is 17.4 Å². The maximum atomic E-state index is 12.9. The maximum absolute atomic E-state index is 12.9. The number of nitrogens with one attached hydrogen (secondary N) is 1. The van der Waals surface area contributed by atoms with E-state index in [1.54, 1.807) is 0 Å². The van der Waals surface area contributed by atoms with Crippen LogP contribution in [0.4, 0.5) is 5.69 Å². The molecule has 0 saturated heterocycles. The molecule has 1 amide bonds. The molecular formula is C18H15ClN2O. The quantitative estimate of drug-likeness (QED) is 0.713. The van der Waals surface area contributed by atoms with E-state index in [1.165, 1.54) is 5.56 Å². The zero-order valence-corrected chi connectivity index (χ0v) is 12.9. The van der Waals surface area contributed by atoms with E-state index >= 15 is 0 Å². The highest BCUT2D eigenvalue weighted by Gasteiger charge is 2.27. The topological polar surface area (TPSA) is 36.1 Å². The van der Waals surface area contributed by atoms with E-state index < -0.39 is 0 Å². The van der Waals surface area contributed by atoms with Gasteiger partial charge in [0.2, 0.25) is 0 Å². The number of rotatable bonds is 1. The zero-order valence-electron chi connectivity index (χ0n) is 12.2.